The predicted octanol–water partition coefficient (Wildman–Crippen LogP) is 0.956. The molecular formula is C10H17N3O. The first-order chi connectivity index (χ1) is 6.70. The summed E-state index contributed by atoms with van der Waals surface area (Å²) in [6.07, 6.45) is 1.89. The highest BCUT2D eigenvalue weighted by Gasteiger charge is 2.21. The average molecular weight is 195 g/mol. The van der Waals surface area contributed by atoms with E-state index < -0.39 is 0 Å². The first-order valence-electron chi connectivity index (χ1n) is 5.25. The van der Waals surface area contributed by atoms with Crippen molar-refractivity contribution >= 4 is 0 Å². The van der Waals surface area contributed by atoms with Crippen molar-refractivity contribution in [3.8, 4) is 0 Å². The minimum Gasteiger partial charge on any atom is -0.396 e. The number of hydrogen-bond donors (Lipinski definition) is 1. The molecule has 0 amide bonds. The number of aryl methyl sites for hydroxylation is 1. The van der Waals surface area contributed by atoms with Crippen LogP contribution in [0.25, 0.3) is 0 Å². The van der Waals surface area contributed by atoms with Gasteiger partial charge in [-0.15, -0.1) is 0 Å². The molecule has 0 bridgehead atoms. The second kappa shape index (κ2) is 3.69. The molecule has 0 saturated carbocycles. The summed E-state index contributed by atoms with van der Waals surface area (Å²) in [4.78, 5) is 4.49. The zero-order valence-corrected chi connectivity index (χ0v) is 8.77. The monoisotopic (exact) mass is 195 g/mol. The molecule has 4 nitrogen and oxygen atoms in total. The van der Waals surface area contributed by atoms with Gasteiger partial charge in [0, 0.05) is 25.5 Å². The van der Waals surface area contributed by atoms with Gasteiger partial charge < -0.3 is 5.11 Å². The van der Waals surface area contributed by atoms with Crippen LogP contribution in [0.15, 0.2) is 0 Å². The summed E-state index contributed by atoms with van der Waals surface area (Å²) in [5, 5.41) is 13.5. The normalized spacial score (nSPS) is 21.3. The highest BCUT2D eigenvalue weighted by Crippen LogP contribution is 2.20. The van der Waals surface area contributed by atoms with Crippen LogP contribution in [0.5, 0.6) is 0 Å². The largest absolute Gasteiger partial charge is 0.396 e. The van der Waals surface area contributed by atoms with E-state index in [9.17, 15) is 0 Å². The third-order valence-corrected chi connectivity index (χ3v) is 2.76. The van der Waals surface area contributed by atoms with Crippen molar-refractivity contribution in [1.29, 1.82) is 0 Å². The van der Waals surface area contributed by atoms with E-state index in [1.165, 1.54) is 0 Å². The molecular weight excluding hydrogens is 178 g/mol. The van der Waals surface area contributed by atoms with Crippen LogP contribution in [0.2, 0.25) is 0 Å². The van der Waals surface area contributed by atoms with E-state index in [1.54, 1.807) is 0 Å². The molecule has 1 aliphatic heterocycles. The zero-order chi connectivity index (χ0) is 10.1. The Hall–Kier alpha value is -0.900. The standard InChI is InChI=1S/C10H17N3O/c1-7(2)10-11-9-5-8(6-14)3-4-13(9)12-10/h7-8,14H,3-6H2,1-2H3. The third-order valence-electron chi connectivity index (χ3n) is 2.76. The van der Waals surface area contributed by atoms with E-state index in [4.69, 9.17) is 5.11 Å². The van der Waals surface area contributed by atoms with Crippen molar-refractivity contribution in [3.05, 3.63) is 11.6 Å². The lowest BCUT2D eigenvalue weighted by Gasteiger charge is -2.19. The van der Waals surface area contributed by atoms with Gasteiger partial charge >= 0.3 is 0 Å². The van der Waals surface area contributed by atoms with E-state index in [0.717, 1.165) is 31.0 Å². The first kappa shape index (κ1) is 9.65. The molecule has 0 aliphatic carbocycles. The Morgan fingerprint density at radius 2 is 2.36 bits per heavy atom. The van der Waals surface area contributed by atoms with Crippen molar-refractivity contribution in [3.63, 3.8) is 0 Å². The van der Waals surface area contributed by atoms with Gasteiger partial charge in [0.2, 0.25) is 0 Å². The second-order valence-electron chi connectivity index (χ2n) is 4.31. The molecule has 0 radical (unpaired) electrons. The van der Waals surface area contributed by atoms with Crippen LogP contribution in [0.3, 0.4) is 0 Å². The molecule has 1 N–H and O–H groups in total. The molecule has 1 unspecified atom stereocenters. The van der Waals surface area contributed by atoms with Gasteiger partial charge in [-0.1, -0.05) is 13.8 Å². The Kier molecular flexibility index (Phi) is 2.54. The lowest BCUT2D eigenvalue weighted by atomic mass is 9.99. The van der Waals surface area contributed by atoms with Crippen LogP contribution >= 0.6 is 0 Å². The molecule has 14 heavy (non-hydrogen) atoms. The number of nitrogens with zero attached hydrogens (tertiary/aromatic N) is 3. The zero-order valence-electron chi connectivity index (χ0n) is 8.77. The number of aromatic nitrogens is 3. The molecule has 4 heteroatoms. The molecule has 78 valence electrons. The lowest BCUT2D eigenvalue weighted by Crippen LogP contribution is -2.22. The predicted molar refractivity (Wildman–Crippen MR) is 53.0 cm³/mol. The lowest BCUT2D eigenvalue weighted by molar-refractivity contribution is 0.196. The summed E-state index contributed by atoms with van der Waals surface area (Å²) in [5.74, 6) is 2.74. The van der Waals surface area contributed by atoms with Crippen LogP contribution in [-0.2, 0) is 13.0 Å². The quantitative estimate of drug-likeness (QED) is 0.764. The highest BCUT2D eigenvalue weighted by atomic mass is 16.3. The van der Waals surface area contributed by atoms with Crippen molar-refractivity contribution in [2.45, 2.75) is 39.2 Å². The molecule has 2 heterocycles. The van der Waals surface area contributed by atoms with Gasteiger partial charge in [0.25, 0.3) is 0 Å². The average Bonchev–Trinajstić information content (AvgIpc) is 2.59. The molecule has 0 spiro atoms. The maximum atomic E-state index is 9.08. The van der Waals surface area contributed by atoms with E-state index in [0.29, 0.717) is 11.8 Å². The Labute approximate surface area is 84.0 Å². The molecule has 2 rings (SSSR count). The van der Waals surface area contributed by atoms with Crippen molar-refractivity contribution in [1.82, 2.24) is 14.8 Å². The first-order valence-corrected chi connectivity index (χ1v) is 5.25. The summed E-state index contributed by atoms with van der Waals surface area (Å²) < 4.78 is 1.99. The van der Waals surface area contributed by atoms with Crippen LogP contribution in [-0.4, -0.2) is 26.5 Å². The number of rotatable bonds is 2. The van der Waals surface area contributed by atoms with E-state index in [2.05, 4.69) is 23.9 Å². The second-order valence-corrected chi connectivity index (χ2v) is 4.31. The molecule has 1 aromatic heterocycles. The van der Waals surface area contributed by atoms with Gasteiger partial charge in [0.05, 0.1) is 0 Å². The van der Waals surface area contributed by atoms with Crippen molar-refractivity contribution in [2.75, 3.05) is 6.61 Å². The topological polar surface area (TPSA) is 50.9 Å². The number of hydrogen-bond acceptors (Lipinski definition) is 3. The Morgan fingerprint density at radius 1 is 1.57 bits per heavy atom. The van der Waals surface area contributed by atoms with E-state index in [-0.39, 0.29) is 6.61 Å². The SMILES string of the molecule is CC(C)c1nc2n(n1)CCC(CO)C2. The minimum absolute atomic E-state index is 0.268. The number of fused-ring (bicyclic) bond motifs is 1. The summed E-state index contributed by atoms with van der Waals surface area (Å²) in [6.45, 7) is 5.37. The molecule has 0 aromatic carbocycles. The van der Waals surface area contributed by atoms with Gasteiger partial charge in [-0.05, 0) is 12.3 Å². The third kappa shape index (κ3) is 1.66. The van der Waals surface area contributed by atoms with Gasteiger partial charge in [-0.2, -0.15) is 5.10 Å². The van der Waals surface area contributed by atoms with Crippen LogP contribution < -0.4 is 0 Å². The van der Waals surface area contributed by atoms with Gasteiger partial charge in [0.1, 0.15) is 5.82 Å². The van der Waals surface area contributed by atoms with E-state index in [1.807, 2.05) is 4.68 Å². The summed E-state index contributed by atoms with van der Waals surface area (Å²) in [7, 11) is 0. The van der Waals surface area contributed by atoms with Crippen molar-refractivity contribution < 1.29 is 5.11 Å². The fourth-order valence-corrected chi connectivity index (χ4v) is 1.79. The molecule has 1 atom stereocenters. The summed E-state index contributed by atoms with van der Waals surface area (Å²) in [6, 6.07) is 0. The fraction of sp³-hybridized carbons (Fsp3) is 0.800. The summed E-state index contributed by atoms with van der Waals surface area (Å²) in [5.41, 5.74) is 0. The van der Waals surface area contributed by atoms with Gasteiger partial charge in [-0.25, -0.2) is 9.67 Å². The maximum Gasteiger partial charge on any atom is 0.153 e. The molecule has 0 saturated heterocycles. The number of aliphatic hydroxyl groups excluding tert-OH is 1. The van der Waals surface area contributed by atoms with Crippen LogP contribution in [0.4, 0.5) is 0 Å². The fourth-order valence-electron chi connectivity index (χ4n) is 1.79. The summed E-state index contributed by atoms with van der Waals surface area (Å²) >= 11 is 0. The Morgan fingerprint density at radius 3 is 3.00 bits per heavy atom. The molecule has 0 fully saturated rings. The smallest absolute Gasteiger partial charge is 0.153 e. The Balaban J connectivity index is 2.21. The van der Waals surface area contributed by atoms with E-state index >= 15 is 0 Å². The minimum atomic E-state index is 0.268. The number of aliphatic hydroxyl groups is 1. The van der Waals surface area contributed by atoms with Gasteiger partial charge in [-0.3, -0.25) is 0 Å². The van der Waals surface area contributed by atoms with Crippen LogP contribution in [0, 0.1) is 5.92 Å². The maximum absolute atomic E-state index is 9.08. The van der Waals surface area contributed by atoms with Gasteiger partial charge in [0.15, 0.2) is 5.82 Å². The molecule has 1 aliphatic rings. The van der Waals surface area contributed by atoms with Crippen molar-refractivity contribution in [2.24, 2.45) is 5.92 Å². The molecule has 1 aromatic rings. The van der Waals surface area contributed by atoms with Crippen LogP contribution in [0.1, 0.15) is 37.8 Å². The Bertz CT molecular complexity index is 319. The highest BCUT2D eigenvalue weighted by molar-refractivity contribution is 5.00.